The molecule has 12 heteroatoms. The molecule has 0 spiro atoms. The van der Waals surface area contributed by atoms with Crippen molar-refractivity contribution in [3.8, 4) is 11.1 Å². The zero-order valence-electron chi connectivity index (χ0n) is 21.1. The Balaban J connectivity index is 1.55. The number of nitrogens with zero attached hydrogens (tertiary/aromatic N) is 1. The molecule has 4 aromatic rings. The maximum absolute atomic E-state index is 13.0. The first-order valence-corrected chi connectivity index (χ1v) is 14.4. The summed E-state index contributed by atoms with van der Waals surface area (Å²) in [6.07, 6.45) is 0. The summed E-state index contributed by atoms with van der Waals surface area (Å²) < 4.78 is 10.2. The monoisotopic (exact) mass is 571 g/mol. The summed E-state index contributed by atoms with van der Waals surface area (Å²) in [6.45, 7) is 7.22. The second kappa shape index (κ2) is 11.9. The number of benzene rings is 1. The van der Waals surface area contributed by atoms with Crippen LogP contribution in [-0.2, 0) is 14.3 Å². The number of nitrogens with one attached hydrogen (secondary N) is 2. The van der Waals surface area contributed by atoms with Gasteiger partial charge in [-0.25, -0.2) is 14.6 Å². The molecule has 0 aliphatic heterocycles. The van der Waals surface area contributed by atoms with Gasteiger partial charge in [-0.2, -0.15) is 0 Å². The summed E-state index contributed by atoms with van der Waals surface area (Å²) in [5.74, 6) is -1.74. The van der Waals surface area contributed by atoms with Crippen LogP contribution in [0.25, 0.3) is 21.3 Å². The van der Waals surface area contributed by atoms with E-state index < -0.39 is 17.8 Å². The first-order chi connectivity index (χ1) is 18.2. The van der Waals surface area contributed by atoms with Gasteiger partial charge < -0.3 is 19.8 Å². The summed E-state index contributed by atoms with van der Waals surface area (Å²) in [6, 6.07) is 9.65. The molecule has 0 radical (unpaired) electrons. The Hall–Kier alpha value is -3.48. The van der Waals surface area contributed by atoms with Crippen molar-refractivity contribution >= 4 is 67.5 Å². The lowest BCUT2D eigenvalue weighted by molar-refractivity contribution is -0.113. The Morgan fingerprint density at radius 3 is 2.39 bits per heavy atom. The molecule has 3 heterocycles. The summed E-state index contributed by atoms with van der Waals surface area (Å²) in [7, 11) is 0. The molecule has 1 aromatic carbocycles. The van der Waals surface area contributed by atoms with E-state index in [2.05, 4.69) is 15.3 Å². The molecule has 0 fully saturated rings. The summed E-state index contributed by atoms with van der Waals surface area (Å²) >= 11 is 3.44. The minimum absolute atomic E-state index is 0.0850. The van der Waals surface area contributed by atoms with E-state index in [0.717, 1.165) is 39.1 Å². The number of fused-ring (bicyclic) bond motifs is 1. The van der Waals surface area contributed by atoms with Gasteiger partial charge in [0.15, 0.2) is 5.16 Å². The highest BCUT2D eigenvalue weighted by Crippen LogP contribution is 2.36. The van der Waals surface area contributed by atoms with E-state index in [1.165, 1.54) is 11.3 Å². The van der Waals surface area contributed by atoms with Crippen LogP contribution in [0.2, 0.25) is 0 Å². The standard InChI is InChI=1S/C26H25N3O6S3/c1-5-34-24(32)17-13(3)20(25(33)35-6-2)38-22(17)27-16(30)12-36-26-28-21(31)19-18(14(4)37-23(19)29-26)15-10-8-7-9-11-15/h7-11H,5-6,12H2,1-4H3,(H,27,30)(H,28,29,31). The molecule has 0 unspecified atom stereocenters. The Bertz CT molecular complexity index is 1570. The number of amides is 1. The molecule has 3 aromatic heterocycles. The molecule has 2 N–H and O–H groups in total. The lowest BCUT2D eigenvalue weighted by Gasteiger charge is -2.07. The summed E-state index contributed by atoms with van der Waals surface area (Å²) in [5.41, 5.74) is 2.01. The lowest BCUT2D eigenvalue weighted by Crippen LogP contribution is -2.17. The first kappa shape index (κ1) is 27.6. The Morgan fingerprint density at radius 1 is 1.03 bits per heavy atom. The quantitative estimate of drug-likeness (QED) is 0.155. The number of H-pyrrole nitrogens is 1. The van der Waals surface area contributed by atoms with Crippen LogP contribution in [-0.4, -0.2) is 46.8 Å². The number of carbonyl (C=O) groups excluding carboxylic acids is 3. The van der Waals surface area contributed by atoms with Crippen LogP contribution in [0.1, 0.15) is 44.3 Å². The fraction of sp³-hybridized carbons (Fsp3) is 0.269. The molecule has 0 aliphatic rings. The Labute approximate surface area is 230 Å². The third kappa shape index (κ3) is 5.66. The van der Waals surface area contributed by atoms with Crippen molar-refractivity contribution in [3.05, 3.63) is 61.6 Å². The average molecular weight is 572 g/mol. The number of esters is 2. The summed E-state index contributed by atoms with van der Waals surface area (Å²) in [5, 5.41) is 3.72. The van der Waals surface area contributed by atoms with Gasteiger partial charge in [-0.15, -0.1) is 22.7 Å². The molecular weight excluding hydrogens is 547 g/mol. The first-order valence-electron chi connectivity index (χ1n) is 11.7. The maximum Gasteiger partial charge on any atom is 0.348 e. The summed E-state index contributed by atoms with van der Waals surface area (Å²) in [4.78, 5) is 59.8. The van der Waals surface area contributed by atoms with Crippen LogP contribution in [0, 0.1) is 13.8 Å². The predicted octanol–water partition coefficient (Wildman–Crippen LogP) is 5.41. The maximum atomic E-state index is 13.0. The SMILES string of the molecule is CCOC(=O)c1sc(NC(=O)CSc2nc3sc(C)c(-c4ccccc4)c3c(=O)[nH]2)c(C(=O)OCC)c1C. The number of anilines is 1. The lowest BCUT2D eigenvalue weighted by atomic mass is 10.0. The molecule has 1 amide bonds. The van der Waals surface area contributed by atoms with Crippen molar-refractivity contribution in [2.24, 2.45) is 0 Å². The number of aromatic amines is 1. The van der Waals surface area contributed by atoms with Crippen molar-refractivity contribution in [2.45, 2.75) is 32.9 Å². The van der Waals surface area contributed by atoms with Crippen molar-refractivity contribution < 1.29 is 23.9 Å². The highest BCUT2D eigenvalue weighted by molar-refractivity contribution is 7.99. The van der Waals surface area contributed by atoms with Crippen molar-refractivity contribution in [2.75, 3.05) is 24.3 Å². The number of thiophene rings is 2. The molecule has 0 bridgehead atoms. The molecule has 38 heavy (non-hydrogen) atoms. The van der Waals surface area contributed by atoms with Crippen molar-refractivity contribution in [3.63, 3.8) is 0 Å². The fourth-order valence-electron chi connectivity index (χ4n) is 3.86. The number of aryl methyl sites for hydroxylation is 1. The largest absolute Gasteiger partial charge is 0.462 e. The van der Waals surface area contributed by atoms with Crippen LogP contribution in [0.3, 0.4) is 0 Å². The predicted molar refractivity (Wildman–Crippen MR) is 151 cm³/mol. The van der Waals surface area contributed by atoms with E-state index in [-0.39, 0.29) is 40.0 Å². The van der Waals surface area contributed by atoms with E-state index in [1.807, 2.05) is 37.3 Å². The smallest absolute Gasteiger partial charge is 0.348 e. The molecule has 0 atom stereocenters. The molecule has 0 saturated carbocycles. The fourth-order valence-corrected chi connectivity index (χ4v) is 6.73. The number of ether oxygens (including phenoxy) is 2. The Morgan fingerprint density at radius 2 is 1.71 bits per heavy atom. The number of rotatable bonds is 9. The van der Waals surface area contributed by atoms with Crippen molar-refractivity contribution in [1.82, 2.24) is 9.97 Å². The van der Waals surface area contributed by atoms with Gasteiger partial charge in [0, 0.05) is 10.4 Å². The van der Waals surface area contributed by atoms with Gasteiger partial charge >= 0.3 is 11.9 Å². The molecular formula is C26H25N3O6S3. The normalized spacial score (nSPS) is 10.9. The van der Waals surface area contributed by atoms with Crippen LogP contribution < -0.4 is 10.9 Å². The third-order valence-corrected chi connectivity index (χ3v) is 8.52. The zero-order valence-corrected chi connectivity index (χ0v) is 23.6. The number of thioether (sulfide) groups is 1. The minimum Gasteiger partial charge on any atom is -0.462 e. The van der Waals surface area contributed by atoms with E-state index in [4.69, 9.17) is 9.47 Å². The molecule has 0 saturated heterocycles. The highest BCUT2D eigenvalue weighted by Gasteiger charge is 2.27. The molecule has 4 rings (SSSR count). The average Bonchev–Trinajstić information content (AvgIpc) is 3.39. The van der Waals surface area contributed by atoms with Gasteiger partial charge in [-0.05, 0) is 38.8 Å². The third-order valence-electron chi connectivity index (χ3n) is 5.46. The number of aromatic nitrogens is 2. The van der Waals surface area contributed by atoms with E-state index in [0.29, 0.717) is 20.9 Å². The minimum atomic E-state index is -0.640. The second-order valence-electron chi connectivity index (χ2n) is 7.99. The Kier molecular flexibility index (Phi) is 8.65. The topological polar surface area (TPSA) is 127 Å². The molecule has 9 nitrogen and oxygen atoms in total. The number of carbonyl (C=O) groups is 3. The van der Waals surface area contributed by atoms with E-state index in [1.54, 1.807) is 20.8 Å². The van der Waals surface area contributed by atoms with Crippen molar-refractivity contribution in [1.29, 1.82) is 0 Å². The van der Waals surface area contributed by atoms with Gasteiger partial charge in [0.25, 0.3) is 5.56 Å². The number of hydrogen-bond acceptors (Lipinski definition) is 10. The van der Waals surface area contributed by atoms with Gasteiger partial charge in [0.1, 0.15) is 14.7 Å². The van der Waals surface area contributed by atoms with Gasteiger partial charge in [-0.1, -0.05) is 42.1 Å². The molecule has 198 valence electrons. The van der Waals surface area contributed by atoms with Gasteiger partial charge in [0.05, 0.1) is 29.9 Å². The van der Waals surface area contributed by atoms with Crippen LogP contribution in [0.15, 0.2) is 40.3 Å². The van der Waals surface area contributed by atoms with Crippen LogP contribution in [0.4, 0.5) is 5.00 Å². The van der Waals surface area contributed by atoms with Gasteiger partial charge in [0.2, 0.25) is 5.91 Å². The van der Waals surface area contributed by atoms with Crippen LogP contribution >= 0.6 is 34.4 Å². The highest BCUT2D eigenvalue weighted by atomic mass is 32.2. The van der Waals surface area contributed by atoms with E-state index >= 15 is 0 Å². The zero-order chi connectivity index (χ0) is 27.4. The molecule has 0 aliphatic carbocycles. The second-order valence-corrected chi connectivity index (χ2v) is 11.2. The van der Waals surface area contributed by atoms with E-state index in [9.17, 15) is 19.2 Å². The van der Waals surface area contributed by atoms with Crippen LogP contribution in [0.5, 0.6) is 0 Å². The number of hydrogen-bond donors (Lipinski definition) is 2. The van der Waals surface area contributed by atoms with Gasteiger partial charge in [-0.3, -0.25) is 9.59 Å².